The molecule has 1 aliphatic rings. The SMILES string of the molecule is CC(C)(C)OC(=O)Nc1ccc2c(c1)NCCO2.CO. The van der Waals surface area contributed by atoms with Gasteiger partial charge in [-0.2, -0.15) is 0 Å². The molecule has 1 aromatic rings. The zero-order valence-electron chi connectivity index (χ0n) is 12.3. The summed E-state index contributed by atoms with van der Waals surface area (Å²) in [7, 11) is 1.00. The van der Waals surface area contributed by atoms with Gasteiger partial charge in [0.25, 0.3) is 0 Å². The number of nitrogens with one attached hydrogen (secondary N) is 2. The molecule has 0 atom stereocenters. The van der Waals surface area contributed by atoms with E-state index < -0.39 is 11.7 Å². The van der Waals surface area contributed by atoms with Gasteiger partial charge in [-0.25, -0.2) is 4.79 Å². The van der Waals surface area contributed by atoms with Crippen molar-refractivity contribution >= 4 is 17.5 Å². The third kappa shape index (κ3) is 4.97. The average molecular weight is 282 g/mol. The van der Waals surface area contributed by atoms with Gasteiger partial charge in [0.1, 0.15) is 18.0 Å². The predicted octanol–water partition coefficient (Wildman–Crippen LogP) is 2.45. The molecule has 20 heavy (non-hydrogen) atoms. The number of carbonyl (C=O) groups excluding carboxylic acids is 1. The highest BCUT2D eigenvalue weighted by Crippen LogP contribution is 2.30. The first kappa shape index (κ1) is 16.1. The van der Waals surface area contributed by atoms with Crippen LogP contribution in [-0.2, 0) is 4.74 Å². The van der Waals surface area contributed by atoms with Crippen LogP contribution in [-0.4, -0.2) is 37.1 Å². The van der Waals surface area contributed by atoms with E-state index in [-0.39, 0.29) is 0 Å². The molecule has 3 N–H and O–H groups in total. The summed E-state index contributed by atoms with van der Waals surface area (Å²) in [6, 6.07) is 5.45. The smallest absolute Gasteiger partial charge is 0.412 e. The van der Waals surface area contributed by atoms with Gasteiger partial charge in [0, 0.05) is 19.3 Å². The van der Waals surface area contributed by atoms with Crippen LogP contribution >= 0.6 is 0 Å². The van der Waals surface area contributed by atoms with Crippen LogP contribution < -0.4 is 15.4 Å². The van der Waals surface area contributed by atoms with Crippen LogP contribution in [0.3, 0.4) is 0 Å². The Bertz CT molecular complexity index is 455. The first-order valence-corrected chi connectivity index (χ1v) is 6.39. The Hall–Kier alpha value is -1.95. The van der Waals surface area contributed by atoms with E-state index in [0.29, 0.717) is 12.3 Å². The van der Waals surface area contributed by atoms with E-state index in [4.69, 9.17) is 14.6 Å². The van der Waals surface area contributed by atoms with Crippen molar-refractivity contribution in [3.05, 3.63) is 18.2 Å². The van der Waals surface area contributed by atoms with Crippen LogP contribution in [0.4, 0.5) is 16.2 Å². The molecule has 1 amide bonds. The van der Waals surface area contributed by atoms with Gasteiger partial charge in [-0.05, 0) is 39.0 Å². The Labute approximate surface area is 119 Å². The number of hydrogen-bond donors (Lipinski definition) is 3. The predicted molar refractivity (Wildman–Crippen MR) is 78.4 cm³/mol. The molecule has 0 saturated carbocycles. The van der Waals surface area contributed by atoms with E-state index in [1.807, 2.05) is 32.9 Å². The summed E-state index contributed by atoms with van der Waals surface area (Å²) in [6.07, 6.45) is -0.459. The molecule has 0 saturated heterocycles. The van der Waals surface area contributed by atoms with Gasteiger partial charge in [0.05, 0.1) is 5.69 Å². The molecule has 1 heterocycles. The fourth-order valence-electron chi connectivity index (χ4n) is 1.64. The molecule has 2 rings (SSSR count). The number of carbonyl (C=O) groups is 1. The molecule has 0 spiro atoms. The van der Waals surface area contributed by atoms with Crippen molar-refractivity contribution in [1.29, 1.82) is 0 Å². The summed E-state index contributed by atoms with van der Waals surface area (Å²) in [6.45, 7) is 6.91. The molecule has 1 aromatic carbocycles. The van der Waals surface area contributed by atoms with Gasteiger partial charge >= 0.3 is 6.09 Å². The number of benzene rings is 1. The molecule has 0 bridgehead atoms. The lowest BCUT2D eigenvalue weighted by Gasteiger charge is -2.21. The number of amides is 1. The Morgan fingerprint density at radius 3 is 2.75 bits per heavy atom. The second-order valence-corrected chi connectivity index (χ2v) is 5.11. The van der Waals surface area contributed by atoms with Crippen molar-refractivity contribution in [2.24, 2.45) is 0 Å². The molecule has 0 radical (unpaired) electrons. The van der Waals surface area contributed by atoms with Crippen LogP contribution in [0.1, 0.15) is 20.8 Å². The maximum atomic E-state index is 11.6. The van der Waals surface area contributed by atoms with Crippen LogP contribution in [0, 0.1) is 0 Å². The lowest BCUT2D eigenvalue weighted by Crippen LogP contribution is -2.27. The highest BCUT2D eigenvalue weighted by atomic mass is 16.6. The van der Waals surface area contributed by atoms with Crippen molar-refractivity contribution in [3.63, 3.8) is 0 Å². The van der Waals surface area contributed by atoms with E-state index in [0.717, 1.165) is 25.1 Å². The summed E-state index contributed by atoms with van der Waals surface area (Å²) in [5, 5.41) is 12.9. The van der Waals surface area contributed by atoms with Crippen molar-refractivity contribution in [2.45, 2.75) is 26.4 Å². The van der Waals surface area contributed by atoms with Gasteiger partial charge in [-0.1, -0.05) is 0 Å². The minimum Gasteiger partial charge on any atom is -0.490 e. The van der Waals surface area contributed by atoms with Gasteiger partial charge in [0.2, 0.25) is 0 Å². The summed E-state index contributed by atoms with van der Waals surface area (Å²) in [5.74, 6) is 0.802. The number of anilines is 2. The minimum atomic E-state index is -0.500. The largest absolute Gasteiger partial charge is 0.490 e. The van der Waals surface area contributed by atoms with Crippen molar-refractivity contribution in [3.8, 4) is 5.75 Å². The van der Waals surface area contributed by atoms with E-state index >= 15 is 0 Å². The van der Waals surface area contributed by atoms with Gasteiger partial charge < -0.3 is 19.9 Å². The quantitative estimate of drug-likeness (QED) is 0.737. The summed E-state index contributed by atoms with van der Waals surface area (Å²) in [4.78, 5) is 11.6. The van der Waals surface area contributed by atoms with Crippen molar-refractivity contribution < 1.29 is 19.4 Å². The lowest BCUT2D eigenvalue weighted by atomic mass is 10.2. The second-order valence-electron chi connectivity index (χ2n) is 5.11. The lowest BCUT2D eigenvalue weighted by molar-refractivity contribution is 0.0636. The molecule has 0 fully saturated rings. The van der Waals surface area contributed by atoms with Crippen LogP contribution in [0.25, 0.3) is 0 Å². The number of aliphatic hydroxyl groups is 1. The molecule has 6 nitrogen and oxygen atoms in total. The maximum Gasteiger partial charge on any atom is 0.412 e. The van der Waals surface area contributed by atoms with Gasteiger partial charge in [-0.15, -0.1) is 0 Å². The zero-order valence-corrected chi connectivity index (χ0v) is 12.3. The van der Waals surface area contributed by atoms with Crippen molar-refractivity contribution in [2.75, 3.05) is 30.9 Å². The number of aliphatic hydroxyl groups excluding tert-OH is 1. The molecule has 112 valence electrons. The van der Waals surface area contributed by atoms with E-state index in [2.05, 4.69) is 10.6 Å². The summed E-state index contributed by atoms with van der Waals surface area (Å²) >= 11 is 0. The number of rotatable bonds is 1. The summed E-state index contributed by atoms with van der Waals surface area (Å²) in [5.41, 5.74) is 1.07. The number of hydrogen-bond acceptors (Lipinski definition) is 5. The Kier molecular flexibility index (Phi) is 5.64. The Morgan fingerprint density at radius 1 is 1.40 bits per heavy atom. The Balaban J connectivity index is 0.000000956. The van der Waals surface area contributed by atoms with Crippen molar-refractivity contribution in [1.82, 2.24) is 0 Å². The van der Waals surface area contributed by atoms with Gasteiger partial charge in [0.15, 0.2) is 0 Å². The average Bonchev–Trinajstić information content (AvgIpc) is 2.38. The zero-order chi connectivity index (χ0) is 15.2. The molecule has 0 aliphatic carbocycles. The highest BCUT2D eigenvalue weighted by molar-refractivity contribution is 5.86. The first-order chi connectivity index (χ1) is 9.44. The fourth-order valence-corrected chi connectivity index (χ4v) is 1.64. The first-order valence-electron chi connectivity index (χ1n) is 6.39. The van der Waals surface area contributed by atoms with Crippen LogP contribution in [0.2, 0.25) is 0 Å². The molecule has 1 aliphatic heterocycles. The molecule has 6 heteroatoms. The molecule has 0 unspecified atom stereocenters. The number of fused-ring (bicyclic) bond motifs is 1. The molecular weight excluding hydrogens is 260 g/mol. The molecule has 0 aromatic heterocycles. The van der Waals surface area contributed by atoms with Crippen LogP contribution in [0.15, 0.2) is 18.2 Å². The second kappa shape index (κ2) is 7.00. The van der Waals surface area contributed by atoms with E-state index in [1.165, 1.54) is 0 Å². The third-order valence-electron chi connectivity index (χ3n) is 2.30. The van der Waals surface area contributed by atoms with Crippen LogP contribution in [0.5, 0.6) is 5.75 Å². The highest BCUT2D eigenvalue weighted by Gasteiger charge is 2.17. The number of ether oxygens (including phenoxy) is 2. The Morgan fingerprint density at radius 2 is 2.10 bits per heavy atom. The maximum absolute atomic E-state index is 11.6. The topological polar surface area (TPSA) is 79.8 Å². The third-order valence-corrected chi connectivity index (χ3v) is 2.30. The van der Waals surface area contributed by atoms with Gasteiger partial charge in [-0.3, -0.25) is 5.32 Å². The monoisotopic (exact) mass is 282 g/mol. The molecular formula is C14H22N2O4. The summed E-state index contributed by atoms with van der Waals surface area (Å²) < 4.78 is 10.6. The minimum absolute atomic E-state index is 0.459. The standard InChI is InChI=1S/C13H18N2O3.CH4O/c1-13(2,3)18-12(16)15-9-4-5-11-10(8-9)14-6-7-17-11;1-2/h4-5,8,14H,6-7H2,1-3H3,(H,15,16);2H,1H3. The normalized spacial score (nSPS) is 12.8. The fraction of sp³-hybridized carbons (Fsp3) is 0.500. The van der Waals surface area contributed by atoms with E-state index in [9.17, 15) is 4.79 Å². The van der Waals surface area contributed by atoms with E-state index in [1.54, 1.807) is 6.07 Å².